The molecule has 1 aliphatic carbocycles. The highest BCUT2D eigenvalue weighted by Crippen LogP contribution is 2.53. The van der Waals surface area contributed by atoms with Crippen LogP contribution in [0.4, 0.5) is 17.1 Å². The average molecular weight is 794 g/mol. The van der Waals surface area contributed by atoms with Crippen molar-refractivity contribution in [3.63, 3.8) is 0 Å². The number of fused-ring (bicyclic) bond motifs is 12. The predicted molar refractivity (Wildman–Crippen MR) is 259 cm³/mol. The Hall–Kier alpha value is -7.88. The van der Waals surface area contributed by atoms with Gasteiger partial charge in [-0.1, -0.05) is 147 Å². The van der Waals surface area contributed by atoms with E-state index in [-0.39, 0.29) is 5.41 Å². The largest absolute Gasteiger partial charge is 0.456 e. The monoisotopic (exact) mass is 793 g/mol. The summed E-state index contributed by atoms with van der Waals surface area (Å²) >= 11 is 0. The molecular formula is C59H39NO2. The molecule has 0 radical (unpaired) electrons. The third-order valence-electron chi connectivity index (χ3n) is 13.5. The van der Waals surface area contributed by atoms with Crippen LogP contribution in [-0.4, -0.2) is 0 Å². The van der Waals surface area contributed by atoms with Gasteiger partial charge in [0.1, 0.15) is 22.3 Å². The van der Waals surface area contributed by atoms with Gasteiger partial charge in [0.2, 0.25) is 0 Å². The molecule has 0 fully saturated rings. The number of furan rings is 2. The second kappa shape index (κ2) is 13.1. The van der Waals surface area contributed by atoms with Crippen molar-refractivity contribution in [3.8, 4) is 33.4 Å². The van der Waals surface area contributed by atoms with Crippen LogP contribution in [0.3, 0.4) is 0 Å². The lowest BCUT2D eigenvalue weighted by Crippen LogP contribution is -2.17. The van der Waals surface area contributed by atoms with E-state index in [1.54, 1.807) is 0 Å². The van der Waals surface area contributed by atoms with Gasteiger partial charge in [0, 0.05) is 50.0 Å². The summed E-state index contributed by atoms with van der Waals surface area (Å²) in [6.45, 7) is 4.71. The number of benzene rings is 10. The van der Waals surface area contributed by atoms with Gasteiger partial charge in [-0.2, -0.15) is 0 Å². The molecule has 0 N–H and O–H groups in total. The molecule has 0 unspecified atom stereocenters. The third kappa shape index (κ3) is 5.06. The van der Waals surface area contributed by atoms with Gasteiger partial charge in [0.25, 0.3) is 0 Å². The number of para-hydroxylation sites is 2. The molecule has 62 heavy (non-hydrogen) atoms. The summed E-state index contributed by atoms with van der Waals surface area (Å²) in [6, 6.07) is 72.8. The first-order valence-electron chi connectivity index (χ1n) is 21.4. The summed E-state index contributed by atoms with van der Waals surface area (Å²) < 4.78 is 13.0. The Morgan fingerprint density at radius 3 is 1.79 bits per heavy atom. The lowest BCUT2D eigenvalue weighted by molar-refractivity contribution is 0.660. The van der Waals surface area contributed by atoms with Gasteiger partial charge in [0.15, 0.2) is 0 Å². The Kier molecular flexibility index (Phi) is 7.36. The molecule has 12 aromatic rings. The Morgan fingerprint density at radius 2 is 0.952 bits per heavy atom. The number of anilines is 3. The second-order valence-corrected chi connectivity index (χ2v) is 17.2. The number of nitrogens with zero attached hydrogens (tertiary/aromatic N) is 1. The maximum atomic E-state index is 6.61. The Balaban J connectivity index is 1.14. The molecule has 0 aliphatic heterocycles. The molecule has 0 bridgehead atoms. The zero-order valence-corrected chi connectivity index (χ0v) is 34.3. The van der Waals surface area contributed by atoms with Gasteiger partial charge < -0.3 is 13.7 Å². The lowest BCUT2D eigenvalue weighted by Gasteiger charge is -2.31. The predicted octanol–water partition coefficient (Wildman–Crippen LogP) is 16.9. The first-order valence-corrected chi connectivity index (χ1v) is 21.4. The molecule has 2 aromatic heterocycles. The van der Waals surface area contributed by atoms with Crippen LogP contribution >= 0.6 is 0 Å². The smallest absolute Gasteiger partial charge is 0.137 e. The van der Waals surface area contributed by atoms with Crippen molar-refractivity contribution < 1.29 is 8.83 Å². The fraction of sp³-hybridized carbons (Fsp3) is 0.0508. The zero-order valence-electron chi connectivity index (χ0n) is 34.3. The average Bonchev–Trinajstić information content (AvgIpc) is 3.95. The lowest BCUT2D eigenvalue weighted by atomic mass is 9.82. The van der Waals surface area contributed by atoms with E-state index in [4.69, 9.17) is 8.83 Å². The minimum Gasteiger partial charge on any atom is -0.456 e. The minimum atomic E-state index is -0.182. The van der Waals surface area contributed by atoms with Crippen LogP contribution in [0.1, 0.15) is 25.0 Å². The standard InChI is InChI=1S/C59H39NO2/c1-59(2)51-22-10-7-18-44(51)45-29-27-38(34-52(45)59)60(39-28-30-48-46-19-8-11-24-54(46)62-57(48)35-39)53-23-13-21-41(37-26-31-56-49(32-37)47-20-9-12-25-55(47)61-56)58(53)50-33-36-14-3-4-15-40(36)42-16-5-6-17-43(42)50/h3-35H,1-2H3. The van der Waals surface area contributed by atoms with Crippen LogP contribution in [0.5, 0.6) is 0 Å². The fourth-order valence-corrected chi connectivity index (χ4v) is 10.5. The summed E-state index contributed by atoms with van der Waals surface area (Å²) in [5, 5.41) is 9.30. The van der Waals surface area contributed by atoms with Gasteiger partial charge in [-0.3, -0.25) is 0 Å². The van der Waals surface area contributed by atoms with Crippen molar-refractivity contribution in [1.29, 1.82) is 0 Å². The summed E-state index contributed by atoms with van der Waals surface area (Å²) in [5.74, 6) is 0. The highest BCUT2D eigenvalue weighted by Gasteiger charge is 2.36. The van der Waals surface area contributed by atoms with E-state index in [1.165, 1.54) is 49.4 Å². The van der Waals surface area contributed by atoms with E-state index in [9.17, 15) is 0 Å². The molecule has 1 aliphatic rings. The Morgan fingerprint density at radius 1 is 0.355 bits per heavy atom. The summed E-state index contributed by atoms with van der Waals surface area (Å²) in [7, 11) is 0. The molecule has 3 heteroatoms. The van der Waals surface area contributed by atoms with Gasteiger partial charge in [0.05, 0.1) is 5.69 Å². The first-order chi connectivity index (χ1) is 30.5. The van der Waals surface area contributed by atoms with Crippen molar-refractivity contribution in [2.24, 2.45) is 0 Å². The van der Waals surface area contributed by atoms with Crippen molar-refractivity contribution >= 4 is 82.5 Å². The first kappa shape index (κ1) is 34.9. The van der Waals surface area contributed by atoms with E-state index >= 15 is 0 Å². The molecule has 0 atom stereocenters. The van der Waals surface area contributed by atoms with Crippen molar-refractivity contribution in [2.75, 3.05) is 4.90 Å². The van der Waals surface area contributed by atoms with Crippen LogP contribution < -0.4 is 4.90 Å². The molecule has 13 rings (SSSR count). The zero-order chi connectivity index (χ0) is 41.1. The second-order valence-electron chi connectivity index (χ2n) is 17.2. The van der Waals surface area contributed by atoms with Crippen LogP contribution in [0, 0.1) is 0 Å². The maximum Gasteiger partial charge on any atom is 0.137 e. The van der Waals surface area contributed by atoms with Gasteiger partial charge >= 0.3 is 0 Å². The summed E-state index contributed by atoms with van der Waals surface area (Å²) in [6.07, 6.45) is 0. The third-order valence-corrected chi connectivity index (χ3v) is 13.5. The van der Waals surface area contributed by atoms with E-state index in [0.29, 0.717) is 0 Å². The Bertz CT molecular complexity index is 3810. The molecule has 292 valence electrons. The normalized spacial score (nSPS) is 13.1. The van der Waals surface area contributed by atoms with Crippen LogP contribution in [0.15, 0.2) is 209 Å². The fourth-order valence-electron chi connectivity index (χ4n) is 10.5. The molecule has 0 saturated carbocycles. The van der Waals surface area contributed by atoms with Crippen LogP contribution in [0.25, 0.3) is 98.8 Å². The van der Waals surface area contributed by atoms with Crippen LogP contribution in [-0.2, 0) is 5.41 Å². The van der Waals surface area contributed by atoms with Gasteiger partial charge in [-0.15, -0.1) is 0 Å². The minimum absolute atomic E-state index is 0.182. The number of rotatable bonds is 5. The quantitative estimate of drug-likeness (QED) is 0.163. The molecule has 10 aromatic carbocycles. The highest BCUT2D eigenvalue weighted by atomic mass is 16.3. The van der Waals surface area contributed by atoms with E-state index < -0.39 is 0 Å². The molecule has 0 amide bonds. The maximum absolute atomic E-state index is 6.61. The van der Waals surface area contributed by atoms with Crippen molar-refractivity contribution in [1.82, 2.24) is 0 Å². The van der Waals surface area contributed by atoms with Crippen molar-refractivity contribution in [2.45, 2.75) is 19.3 Å². The number of hydrogen-bond acceptors (Lipinski definition) is 3. The molecular weight excluding hydrogens is 755 g/mol. The van der Waals surface area contributed by atoms with E-state index in [2.05, 4.69) is 207 Å². The summed E-state index contributed by atoms with van der Waals surface area (Å²) in [5.41, 5.74) is 16.4. The van der Waals surface area contributed by atoms with Crippen LogP contribution in [0.2, 0.25) is 0 Å². The Labute approximate surface area is 358 Å². The molecule has 0 spiro atoms. The van der Waals surface area contributed by atoms with Gasteiger partial charge in [-0.25, -0.2) is 0 Å². The molecule has 0 saturated heterocycles. The SMILES string of the molecule is CC1(C)c2ccccc2-c2ccc(N(c3ccc4c(c3)oc3ccccc34)c3cccc(-c4ccc5oc6ccccc6c5c4)c3-c3cc4ccccc4c4ccccc34)cc21. The van der Waals surface area contributed by atoms with Crippen molar-refractivity contribution in [3.05, 3.63) is 211 Å². The summed E-state index contributed by atoms with van der Waals surface area (Å²) in [4.78, 5) is 2.46. The molecule has 3 nitrogen and oxygen atoms in total. The molecule has 2 heterocycles. The topological polar surface area (TPSA) is 29.5 Å². The number of hydrogen-bond donors (Lipinski definition) is 0. The highest BCUT2D eigenvalue weighted by molar-refractivity contribution is 6.17. The van der Waals surface area contributed by atoms with E-state index in [1.807, 2.05) is 12.1 Å². The van der Waals surface area contributed by atoms with E-state index in [0.717, 1.165) is 77.6 Å². The van der Waals surface area contributed by atoms with Gasteiger partial charge in [-0.05, 0) is 121 Å².